The summed E-state index contributed by atoms with van der Waals surface area (Å²) in [6.45, 7) is 2.69. The van der Waals surface area contributed by atoms with E-state index in [1.54, 1.807) is 19.1 Å². The average molecular weight is 800 g/mol. The molecule has 1 atom stereocenters. The highest BCUT2D eigenvalue weighted by Gasteiger charge is 2.36. The van der Waals surface area contributed by atoms with Gasteiger partial charge >= 0.3 is 11.9 Å². The van der Waals surface area contributed by atoms with Crippen LogP contribution in [-0.4, -0.2) is 85.3 Å². The highest BCUT2D eigenvalue weighted by molar-refractivity contribution is 6.39. The van der Waals surface area contributed by atoms with Crippen molar-refractivity contribution in [1.82, 2.24) is 0 Å². The molecule has 0 bridgehead atoms. The Kier molecular flexibility index (Phi) is 13.1. The van der Waals surface area contributed by atoms with Crippen molar-refractivity contribution in [3.05, 3.63) is 66.0 Å². The van der Waals surface area contributed by atoms with Crippen LogP contribution in [0.5, 0.6) is 11.5 Å². The molecule has 5 N–H and O–H groups in total. The lowest BCUT2D eigenvalue weighted by Crippen LogP contribution is -2.17. The lowest BCUT2D eigenvalue weighted by atomic mass is 9.78. The molecule has 5 aromatic rings. The Morgan fingerprint density at radius 3 is 2.05 bits per heavy atom. The maximum atomic E-state index is 15.2. The van der Waals surface area contributed by atoms with Gasteiger partial charge in [-0.1, -0.05) is 11.6 Å². The zero-order valence-corrected chi connectivity index (χ0v) is 33.2. The molecule has 0 saturated heterocycles. The molecule has 1 unspecified atom stereocenters. The maximum absolute atomic E-state index is 15.2. The van der Waals surface area contributed by atoms with Crippen molar-refractivity contribution in [2.24, 2.45) is 0 Å². The zero-order valence-electron chi connectivity index (χ0n) is 33.2. The first-order chi connectivity index (χ1) is 27.9. The number of phenols is 1. The molecule has 1 aliphatic carbocycles. The van der Waals surface area contributed by atoms with Crippen LogP contribution in [0.3, 0.4) is 0 Å². The molecule has 0 saturated carbocycles. The van der Waals surface area contributed by atoms with E-state index in [4.69, 9.17) is 24.1 Å². The maximum Gasteiger partial charge on any atom is 0.305 e. The summed E-state index contributed by atoms with van der Waals surface area (Å²) in [5.74, 6) is -2.62. The summed E-state index contributed by atoms with van der Waals surface area (Å²) in [7, 11) is 2.85. The van der Waals surface area contributed by atoms with Crippen LogP contribution in [0, 0.1) is 0 Å². The fourth-order valence-electron chi connectivity index (χ4n) is 8.56. The predicted molar refractivity (Wildman–Crippen MR) is 219 cm³/mol. The number of aliphatic hydroxyl groups excluding tert-OH is 3. The number of Topliss-reactive ketones (excluding diaryl/α,β-unsaturated/α-hetero) is 1. The van der Waals surface area contributed by atoms with Gasteiger partial charge in [-0.25, -0.2) is 0 Å². The molecule has 0 amide bonds. The molecule has 14 heteroatoms. The summed E-state index contributed by atoms with van der Waals surface area (Å²) in [6, 6.07) is 2.87. The number of aliphatic hydroxyl groups is 3. The van der Waals surface area contributed by atoms with Gasteiger partial charge in [0, 0.05) is 67.1 Å². The lowest BCUT2D eigenvalue weighted by Gasteiger charge is -2.26. The van der Waals surface area contributed by atoms with Crippen molar-refractivity contribution in [1.29, 1.82) is 0 Å². The van der Waals surface area contributed by atoms with Gasteiger partial charge in [-0.15, -0.1) is 0 Å². The second-order valence-corrected chi connectivity index (χ2v) is 14.6. The standard InChI is InChI=1S/C44H49NO13/c1-22-17-27-26(9-5-6-10-30(51)58-16-15-55-3)42(53)36-28(45-12-7-11-31(52)57-14-8-13-46)18-24(20-47)33-34-25(21-48)19-29(50)37-39(34)40(35(27)38(33)36)41(32(22)23(2)49)44(56-4)43(37)54/h17-19,32,45-48,54H,5-16,20-21H2,1-4H3. The molecule has 0 spiro atoms. The highest BCUT2D eigenvalue weighted by Crippen LogP contribution is 2.55. The first kappa shape index (κ1) is 42.2. The number of unbranched alkanes of at least 4 members (excludes halogenated alkanes) is 1. The van der Waals surface area contributed by atoms with E-state index in [1.165, 1.54) is 27.2 Å². The fraction of sp³-hybridized carbons (Fsp3) is 0.432. The average Bonchev–Trinajstić information content (AvgIpc) is 3.33. The number of esters is 2. The zero-order chi connectivity index (χ0) is 41.8. The Morgan fingerprint density at radius 1 is 0.759 bits per heavy atom. The van der Waals surface area contributed by atoms with Crippen LogP contribution in [0.2, 0.25) is 0 Å². The normalized spacial score (nSPS) is 13.8. The number of rotatable bonds is 20. The molecule has 58 heavy (non-hydrogen) atoms. The third-order valence-corrected chi connectivity index (χ3v) is 11.0. The smallest absolute Gasteiger partial charge is 0.305 e. The number of ether oxygens (including phenoxy) is 4. The molecule has 6 rings (SSSR count). The molecular weight excluding hydrogens is 750 g/mol. The topological polar surface area (TPSA) is 215 Å². The summed E-state index contributed by atoms with van der Waals surface area (Å²) in [5, 5.41) is 48.5. The van der Waals surface area contributed by atoms with Gasteiger partial charge < -0.3 is 44.7 Å². The van der Waals surface area contributed by atoms with Crippen LogP contribution in [0.25, 0.3) is 49.2 Å². The number of aromatic hydroxyl groups is 1. The molecule has 0 aliphatic heterocycles. The number of hydrogen-bond donors (Lipinski definition) is 5. The van der Waals surface area contributed by atoms with E-state index in [0.29, 0.717) is 86.1 Å². The summed E-state index contributed by atoms with van der Waals surface area (Å²) in [5.41, 5.74) is 1.77. The van der Waals surface area contributed by atoms with E-state index in [0.717, 1.165) is 0 Å². The molecule has 1 aliphatic rings. The van der Waals surface area contributed by atoms with Gasteiger partial charge in [0.15, 0.2) is 22.4 Å². The molecule has 0 heterocycles. The number of nitrogens with one attached hydrogen (secondary N) is 1. The summed E-state index contributed by atoms with van der Waals surface area (Å²) >= 11 is 0. The van der Waals surface area contributed by atoms with Crippen LogP contribution >= 0.6 is 0 Å². The molecule has 0 fully saturated rings. The van der Waals surface area contributed by atoms with Gasteiger partial charge in [-0.2, -0.15) is 0 Å². The summed E-state index contributed by atoms with van der Waals surface area (Å²) in [6.07, 6.45) is 3.65. The molecule has 14 nitrogen and oxygen atoms in total. The van der Waals surface area contributed by atoms with Crippen LogP contribution in [-0.2, 0) is 48.2 Å². The van der Waals surface area contributed by atoms with Gasteiger partial charge in [0.1, 0.15) is 12.4 Å². The Labute approximate surface area is 333 Å². The van der Waals surface area contributed by atoms with E-state index in [1.807, 2.05) is 0 Å². The van der Waals surface area contributed by atoms with Gasteiger partial charge in [-0.05, 0) is 89.9 Å². The second kappa shape index (κ2) is 18.0. The summed E-state index contributed by atoms with van der Waals surface area (Å²) in [4.78, 5) is 67.6. The van der Waals surface area contributed by atoms with E-state index in [9.17, 15) is 34.5 Å². The van der Waals surface area contributed by atoms with Crippen LogP contribution < -0.4 is 20.9 Å². The van der Waals surface area contributed by atoms with Crippen molar-refractivity contribution >= 4 is 72.6 Å². The lowest BCUT2D eigenvalue weighted by molar-refractivity contribution is -0.145. The highest BCUT2D eigenvalue weighted by atomic mass is 16.6. The molecule has 5 aromatic carbocycles. The van der Waals surface area contributed by atoms with Gasteiger partial charge in [0.25, 0.3) is 0 Å². The molecule has 0 radical (unpaired) electrons. The number of fused-ring (bicyclic) bond motifs is 1. The quantitative estimate of drug-likeness (QED) is 0.0312. The minimum Gasteiger partial charge on any atom is -0.504 e. The predicted octanol–water partition coefficient (Wildman–Crippen LogP) is 4.70. The molecule has 0 aromatic heterocycles. The number of methoxy groups -OCH3 is 2. The monoisotopic (exact) mass is 799 g/mol. The number of benzene rings is 5. The SMILES string of the molecule is COCCOC(=O)CCCCc1c2c3c4c(c(OC)c(O)c5c(=O)cc(CO)c(c6c(CO)cc(NCCCC(=O)OCCCO)c(c1=O)c63)c54)C(C(C)=O)C(C)=C2. The number of carbonyl (C=O) groups is 3. The largest absolute Gasteiger partial charge is 0.504 e. The number of phenolic OH excluding ortho intramolecular Hbond substituents is 1. The molecular formula is C44H49NO13. The summed E-state index contributed by atoms with van der Waals surface area (Å²) < 4.78 is 21.2. The minimum absolute atomic E-state index is 0.0655. The molecule has 308 valence electrons. The van der Waals surface area contributed by atoms with Gasteiger partial charge in [-0.3, -0.25) is 24.0 Å². The van der Waals surface area contributed by atoms with Crippen LogP contribution in [0.4, 0.5) is 5.69 Å². The fourth-order valence-corrected chi connectivity index (χ4v) is 8.56. The Bertz CT molecular complexity index is 2540. The van der Waals surface area contributed by atoms with E-state index < -0.39 is 42.2 Å². The third-order valence-electron chi connectivity index (χ3n) is 11.0. The third kappa shape index (κ3) is 7.52. The Balaban J connectivity index is 1.69. The number of anilines is 1. The number of ketones is 1. The Hall–Kier alpha value is -5.41. The number of hydrogen-bond acceptors (Lipinski definition) is 14. The Morgan fingerprint density at radius 2 is 1.41 bits per heavy atom. The van der Waals surface area contributed by atoms with Crippen molar-refractivity contribution in [3.63, 3.8) is 0 Å². The van der Waals surface area contributed by atoms with E-state index >= 15 is 4.79 Å². The first-order valence-electron chi connectivity index (χ1n) is 19.5. The van der Waals surface area contributed by atoms with Crippen molar-refractivity contribution in [2.45, 2.75) is 77.9 Å². The first-order valence-corrected chi connectivity index (χ1v) is 19.5. The second-order valence-electron chi connectivity index (χ2n) is 14.6. The van der Waals surface area contributed by atoms with Crippen molar-refractivity contribution in [2.75, 3.05) is 52.5 Å². The van der Waals surface area contributed by atoms with Crippen LogP contribution in [0.15, 0.2) is 27.3 Å². The number of carbonyl (C=O) groups excluding carboxylic acids is 3. The van der Waals surface area contributed by atoms with Crippen molar-refractivity contribution < 1.29 is 53.8 Å². The van der Waals surface area contributed by atoms with Crippen LogP contribution in [0.1, 0.15) is 86.1 Å². The minimum atomic E-state index is -0.967. The number of allylic oxidation sites excluding steroid dienone is 1. The van der Waals surface area contributed by atoms with Gasteiger partial charge in [0.2, 0.25) is 0 Å². The van der Waals surface area contributed by atoms with Gasteiger partial charge in [0.05, 0.1) is 50.2 Å². The van der Waals surface area contributed by atoms with E-state index in [2.05, 4.69) is 5.32 Å². The van der Waals surface area contributed by atoms with Crippen molar-refractivity contribution in [3.8, 4) is 11.5 Å². The van der Waals surface area contributed by atoms with E-state index in [-0.39, 0.29) is 90.9 Å².